The summed E-state index contributed by atoms with van der Waals surface area (Å²) in [4.78, 5) is 11.7. The number of ether oxygens (including phenoxy) is 1. The second-order valence-electron chi connectivity index (χ2n) is 7.93. The molecule has 0 aliphatic rings. The topological polar surface area (TPSA) is 69.0 Å². The van der Waals surface area contributed by atoms with Crippen molar-refractivity contribution in [3.05, 3.63) is 59.3 Å². The maximum absolute atomic E-state index is 12.6. The van der Waals surface area contributed by atoms with Crippen LogP contribution in [0.5, 0.6) is 5.75 Å². The summed E-state index contributed by atoms with van der Waals surface area (Å²) in [6.07, 6.45) is -2.32. The molecule has 32 heavy (non-hydrogen) atoms. The molecule has 0 saturated carbocycles. The van der Waals surface area contributed by atoms with Gasteiger partial charge < -0.3 is 10.1 Å². The van der Waals surface area contributed by atoms with Gasteiger partial charge in [0.15, 0.2) is 6.61 Å². The molecule has 1 aromatic heterocycles. The highest BCUT2D eigenvalue weighted by molar-refractivity contribution is 5.89. The predicted molar refractivity (Wildman–Crippen MR) is 116 cm³/mol. The molecule has 2 aromatic carbocycles. The Labute approximate surface area is 184 Å². The van der Waals surface area contributed by atoms with Crippen LogP contribution in [0.1, 0.15) is 43.4 Å². The number of nitrogens with zero attached hydrogens (tertiary/aromatic N) is 3. The van der Waals surface area contributed by atoms with Gasteiger partial charge in [0.1, 0.15) is 11.4 Å². The average Bonchev–Trinajstić information content (AvgIpc) is 3.13. The lowest BCUT2D eigenvalue weighted by Gasteiger charge is -2.16. The van der Waals surface area contributed by atoms with E-state index >= 15 is 0 Å². The zero-order chi connectivity index (χ0) is 23.5. The number of anilines is 1. The van der Waals surface area contributed by atoms with Gasteiger partial charge in [-0.05, 0) is 40.8 Å². The highest BCUT2D eigenvalue weighted by atomic mass is 19.4. The first kappa shape index (κ1) is 23.3. The molecule has 3 rings (SSSR count). The SMILES string of the molecule is CC(=O)Nc1ccc(C(C)C)cc1Cc1ccc(OCC(F)(F)F)cc1-c1cn(C)nn1. The first-order chi connectivity index (χ1) is 15.0. The highest BCUT2D eigenvalue weighted by Crippen LogP contribution is 2.32. The monoisotopic (exact) mass is 446 g/mol. The number of halogens is 3. The summed E-state index contributed by atoms with van der Waals surface area (Å²) in [5.41, 5.74) is 4.63. The number of amides is 1. The van der Waals surface area contributed by atoms with E-state index in [0.717, 1.165) is 16.7 Å². The van der Waals surface area contributed by atoms with E-state index in [2.05, 4.69) is 29.5 Å². The summed E-state index contributed by atoms with van der Waals surface area (Å²) in [5, 5.41) is 10.9. The van der Waals surface area contributed by atoms with Crippen LogP contribution < -0.4 is 10.1 Å². The molecular weight excluding hydrogens is 421 g/mol. The van der Waals surface area contributed by atoms with E-state index < -0.39 is 12.8 Å². The fraction of sp³-hybridized carbons (Fsp3) is 0.348. The number of rotatable bonds is 7. The van der Waals surface area contributed by atoms with Gasteiger partial charge in [0.05, 0.1) is 6.20 Å². The Hall–Kier alpha value is -3.36. The van der Waals surface area contributed by atoms with E-state index in [9.17, 15) is 18.0 Å². The number of alkyl halides is 3. The van der Waals surface area contributed by atoms with Crippen molar-refractivity contribution in [1.29, 1.82) is 0 Å². The molecule has 0 fully saturated rings. The van der Waals surface area contributed by atoms with Crippen LogP contribution >= 0.6 is 0 Å². The quantitative estimate of drug-likeness (QED) is 0.549. The molecule has 6 nitrogen and oxygen atoms in total. The van der Waals surface area contributed by atoms with Gasteiger partial charge in [-0.2, -0.15) is 13.2 Å². The van der Waals surface area contributed by atoms with Gasteiger partial charge in [-0.15, -0.1) is 5.10 Å². The van der Waals surface area contributed by atoms with Crippen LogP contribution in [0.15, 0.2) is 42.6 Å². The molecule has 9 heteroatoms. The van der Waals surface area contributed by atoms with Crippen LogP contribution in [0, 0.1) is 0 Å². The number of hydrogen-bond acceptors (Lipinski definition) is 4. The van der Waals surface area contributed by atoms with Crippen molar-refractivity contribution in [3.63, 3.8) is 0 Å². The van der Waals surface area contributed by atoms with Crippen molar-refractivity contribution in [2.75, 3.05) is 11.9 Å². The lowest BCUT2D eigenvalue weighted by molar-refractivity contribution is -0.153. The summed E-state index contributed by atoms with van der Waals surface area (Å²) >= 11 is 0. The van der Waals surface area contributed by atoms with Gasteiger partial charge in [0, 0.05) is 31.6 Å². The van der Waals surface area contributed by atoms with Gasteiger partial charge in [-0.1, -0.05) is 37.3 Å². The zero-order valence-electron chi connectivity index (χ0n) is 18.3. The summed E-state index contributed by atoms with van der Waals surface area (Å²) in [6.45, 7) is 4.22. The Morgan fingerprint density at radius 3 is 2.50 bits per heavy atom. The Balaban J connectivity index is 2.03. The second-order valence-corrected chi connectivity index (χ2v) is 7.93. The summed E-state index contributed by atoms with van der Waals surface area (Å²) in [7, 11) is 1.71. The van der Waals surface area contributed by atoms with E-state index in [4.69, 9.17) is 4.74 Å². The van der Waals surface area contributed by atoms with Gasteiger partial charge in [-0.25, -0.2) is 0 Å². The molecule has 0 aliphatic carbocycles. The molecular formula is C23H25F3N4O2. The molecule has 3 aromatic rings. The van der Waals surface area contributed by atoms with Crippen molar-refractivity contribution in [2.24, 2.45) is 7.05 Å². The smallest absolute Gasteiger partial charge is 0.422 e. The minimum atomic E-state index is -4.43. The number of benzene rings is 2. The Bertz CT molecular complexity index is 1110. The van der Waals surface area contributed by atoms with Crippen LogP contribution in [0.4, 0.5) is 18.9 Å². The van der Waals surface area contributed by atoms with Gasteiger partial charge in [0.2, 0.25) is 5.91 Å². The molecule has 1 N–H and O–H groups in total. The van der Waals surface area contributed by atoms with Crippen LogP contribution in [-0.4, -0.2) is 33.7 Å². The van der Waals surface area contributed by atoms with Crippen molar-refractivity contribution >= 4 is 11.6 Å². The fourth-order valence-electron chi connectivity index (χ4n) is 3.31. The van der Waals surface area contributed by atoms with Gasteiger partial charge in [0.25, 0.3) is 0 Å². The third kappa shape index (κ3) is 6.09. The van der Waals surface area contributed by atoms with Crippen LogP contribution in [0.25, 0.3) is 11.3 Å². The number of nitrogens with one attached hydrogen (secondary N) is 1. The lowest BCUT2D eigenvalue weighted by atomic mass is 9.93. The van der Waals surface area contributed by atoms with Crippen LogP contribution in [0.2, 0.25) is 0 Å². The molecule has 0 atom stereocenters. The minimum absolute atomic E-state index is 0.0877. The largest absolute Gasteiger partial charge is 0.484 e. The Morgan fingerprint density at radius 1 is 1.16 bits per heavy atom. The standard InChI is InChI=1S/C23H25F3N4O2/c1-14(2)16-6-8-21(27-15(3)31)18(9-16)10-17-5-7-19(32-13-23(24,25)26)11-20(17)22-12-30(4)29-28-22/h5-9,11-12,14H,10,13H2,1-4H3,(H,27,31). The second kappa shape index (κ2) is 9.42. The third-order valence-electron chi connectivity index (χ3n) is 4.85. The molecule has 1 amide bonds. The zero-order valence-corrected chi connectivity index (χ0v) is 18.3. The van der Waals surface area contributed by atoms with Crippen LogP contribution in [0.3, 0.4) is 0 Å². The highest BCUT2D eigenvalue weighted by Gasteiger charge is 2.28. The molecule has 0 spiro atoms. The third-order valence-corrected chi connectivity index (χ3v) is 4.85. The van der Waals surface area contributed by atoms with Gasteiger partial charge >= 0.3 is 6.18 Å². The fourth-order valence-corrected chi connectivity index (χ4v) is 3.31. The number of carbonyl (C=O) groups excluding carboxylic acids is 1. The molecule has 0 unspecified atom stereocenters. The van der Waals surface area contributed by atoms with E-state index in [-0.39, 0.29) is 17.6 Å². The van der Waals surface area contributed by atoms with E-state index in [0.29, 0.717) is 23.4 Å². The van der Waals surface area contributed by atoms with E-state index in [1.165, 1.54) is 23.7 Å². The average molecular weight is 446 g/mol. The number of aromatic nitrogens is 3. The molecule has 0 bridgehead atoms. The first-order valence-corrected chi connectivity index (χ1v) is 10.1. The van der Waals surface area contributed by atoms with Crippen molar-refractivity contribution in [1.82, 2.24) is 15.0 Å². The predicted octanol–water partition coefficient (Wildman–Crippen LogP) is 5.10. The molecule has 0 saturated heterocycles. The number of hydrogen-bond donors (Lipinski definition) is 1. The molecule has 0 aliphatic heterocycles. The summed E-state index contributed by atoms with van der Waals surface area (Å²) in [6, 6.07) is 10.6. The van der Waals surface area contributed by atoms with Crippen molar-refractivity contribution in [3.8, 4) is 17.0 Å². The van der Waals surface area contributed by atoms with Gasteiger partial charge in [-0.3, -0.25) is 9.48 Å². The van der Waals surface area contributed by atoms with E-state index in [1.54, 1.807) is 19.3 Å². The minimum Gasteiger partial charge on any atom is -0.484 e. The van der Waals surface area contributed by atoms with Crippen molar-refractivity contribution in [2.45, 2.75) is 39.3 Å². The lowest BCUT2D eigenvalue weighted by Crippen LogP contribution is -2.19. The molecule has 170 valence electrons. The number of carbonyl (C=O) groups is 1. The van der Waals surface area contributed by atoms with E-state index in [1.807, 2.05) is 18.2 Å². The van der Waals surface area contributed by atoms with Crippen molar-refractivity contribution < 1.29 is 22.7 Å². The summed E-state index contributed by atoms with van der Waals surface area (Å²) in [5.74, 6) is 0.191. The summed E-state index contributed by atoms with van der Waals surface area (Å²) < 4.78 is 44.3. The van der Waals surface area contributed by atoms with Crippen LogP contribution in [-0.2, 0) is 18.3 Å². The maximum Gasteiger partial charge on any atom is 0.422 e. The maximum atomic E-state index is 12.6. The number of aryl methyl sites for hydroxylation is 1. The first-order valence-electron chi connectivity index (χ1n) is 10.1. The normalized spacial score (nSPS) is 11.6. The molecule has 1 heterocycles. The molecule has 0 radical (unpaired) electrons. The Kier molecular flexibility index (Phi) is 6.86. The Morgan fingerprint density at radius 2 is 1.91 bits per heavy atom.